The Balaban J connectivity index is 1.76. The van der Waals surface area contributed by atoms with Gasteiger partial charge in [-0.05, 0) is 55.2 Å². The molecule has 1 N–H and O–H groups in total. The number of hydrogen-bond donors (Lipinski definition) is 1. The van der Waals surface area contributed by atoms with Gasteiger partial charge in [-0.15, -0.1) is 0 Å². The van der Waals surface area contributed by atoms with Crippen LogP contribution in [0.3, 0.4) is 0 Å². The molecule has 0 bridgehead atoms. The van der Waals surface area contributed by atoms with Crippen LogP contribution in [-0.2, 0) is 20.7 Å². The van der Waals surface area contributed by atoms with Crippen molar-refractivity contribution in [3.63, 3.8) is 0 Å². The lowest BCUT2D eigenvalue weighted by atomic mass is 10.1. The minimum absolute atomic E-state index is 0.294. The number of hydrogen-bond acceptors (Lipinski definition) is 3. The SMILES string of the molecule is Cc1ccccc1/C=C/C(=O)O[C@@H](C)C(=O)NCCc1ccc(F)cc1. The van der Waals surface area contributed by atoms with Gasteiger partial charge in [-0.2, -0.15) is 0 Å². The lowest BCUT2D eigenvalue weighted by Gasteiger charge is -2.12. The molecule has 0 saturated heterocycles. The molecule has 0 saturated carbocycles. The highest BCUT2D eigenvalue weighted by Crippen LogP contribution is 2.09. The highest BCUT2D eigenvalue weighted by atomic mass is 19.1. The van der Waals surface area contributed by atoms with Crippen molar-refractivity contribution in [3.8, 4) is 0 Å². The summed E-state index contributed by atoms with van der Waals surface area (Å²) >= 11 is 0. The minimum Gasteiger partial charge on any atom is -0.449 e. The third kappa shape index (κ3) is 6.16. The Hall–Kier alpha value is -2.95. The predicted octanol–water partition coefficient (Wildman–Crippen LogP) is 3.44. The summed E-state index contributed by atoms with van der Waals surface area (Å²) in [5, 5.41) is 2.70. The Morgan fingerprint density at radius 2 is 1.85 bits per heavy atom. The molecule has 0 aromatic heterocycles. The Morgan fingerprint density at radius 3 is 2.54 bits per heavy atom. The highest BCUT2D eigenvalue weighted by molar-refractivity contribution is 5.90. The molecule has 1 amide bonds. The largest absolute Gasteiger partial charge is 0.449 e. The fourth-order valence-corrected chi connectivity index (χ4v) is 2.32. The molecule has 0 unspecified atom stereocenters. The second-order valence-electron chi connectivity index (χ2n) is 5.94. The molecule has 136 valence electrons. The normalized spacial score (nSPS) is 12.0. The van der Waals surface area contributed by atoms with Gasteiger partial charge in [0.15, 0.2) is 6.10 Å². The second kappa shape index (κ2) is 9.51. The number of nitrogens with one attached hydrogen (secondary N) is 1. The van der Waals surface area contributed by atoms with Gasteiger partial charge in [-0.1, -0.05) is 36.4 Å². The van der Waals surface area contributed by atoms with Gasteiger partial charge in [-0.3, -0.25) is 4.79 Å². The van der Waals surface area contributed by atoms with E-state index in [-0.39, 0.29) is 11.7 Å². The average Bonchev–Trinajstić information content (AvgIpc) is 2.62. The summed E-state index contributed by atoms with van der Waals surface area (Å²) in [6.07, 6.45) is 2.65. The van der Waals surface area contributed by atoms with Crippen molar-refractivity contribution in [3.05, 3.63) is 77.1 Å². The van der Waals surface area contributed by atoms with Crippen LogP contribution in [0.4, 0.5) is 4.39 Å². The average molecular weight is 355 g/mol. The maximum atomic E-state index is 12.8. The van der Waals surface area contributed by atoms with Crippen molar-refractivity contribution in [1.29, 1.82) is 0 Å². The number of aryl methyl sites for hydroxylation is 1. The van der Waals surface area contributed by atoms with Gasteiger partial charge in [0.05, 0.1) is 0 Å². The molecule has 5 heteroatoms. The van der Waals surface area contributed by atoms with E-state index in [0.717, 1.165) is 16.7 Å². The first kappa shape index (κ1) is 19.4. The van der Waals surface area contributed by atoms with Crippen molar-refractivity contribution >= 4 is 18.0 Å². The van der Waals surface area contributed by atoms with Crippen LogP contribution in [0.15, 0.2) is 54.6 Å². The number of halogens is 1. The summed E-state index contributed by atoms with van der Waals surface area (Å²) < 4.78 is 17.9. The van der Waals surface area contributed by atoms with Crippen LogP contribution in [0, 0.1) is 12.7 Å². The molecule has 0 fully saturated rings. The van der Waals surface area contributed by atoms with Gasteiger partial charge in [0.25, 0.3) is 5.91 Å². The van der Waals surface area contributed by atoms with Gasteiger partial charge in [-0.25, -0.2) is 9.18 Å². The van der Waals surface area contributed by atoms with Gasteiger partial charge in [0.2, 0.25) is 0 Å². The van der Waals surface area contributed by atoms with Crippen LogP contribution in [0.1, 0.15) is 23.6 Å². The lowest BCUT2D eigenvalue weighted by molar-refractivity contribution is -0.150. The van der Waals surface area contributed by atoms with Gasteiger partial charge < -0.3 is 10.1 Å². The molecule has 0 spiro atoms. The van der Waals surface area contributed by atoms with Crippen molar-refractivity contribution in [2.45, 2.75) is 26.4 Å². The number of ether oxygens (including phenoxy) is 1. The van der Waals surface area contributed by atoms with Crippen LogP contribution < -0.4 is 5.32 Å². The summed E-state index contributed by atoms with van der Waals surface area (Å²) in [5.41, 5.74) is 2.88. The van der Waals surface area contributed by atoms with E-state index in [0.29, 0.717) is 13.0 Å². The molecule has 1 atom stereocenters. The molecule has 2 rings (SSSR count). The van der Waals surface area contributed by atoms with E-state index in [1.807, 2.05) is 31.2 Å². The lowest BCUT2D eigenvalue weighted by Crippen LogP contribution is -2.36. The number of rotatable bonds is 7. The van der Waals surface area contributed by atoms with E-state index < -0.39 is 12.1 Å². The molecule has 0 radical (unpaired) electrons. The summed E-state index contributed by atoms with van der Waals surface area (Å²) in [6, 6.07) is 13.7. The first-order valence-corrected chi connectivity index (χ1v) is 8.42. The maximum Gasteiger partial charge on any atom is 0.331 e. The molecular weight excluding hydrogens is 333 g/mol. The fraction of sp³-hybridized carbons (Fsp3) is 0.238. The molecular formula is C21H22FNO3. The monoisotopic (exact) mass is 355 g/mol. The maximum absolute atomic E-state index is 12.8. The quantitative estimate of drug-likeness (QED) is 0.611. The van der Waals surface area contributed by atoms with Crippen LogP contribution in [0.5, 0.6) is 0 Å². The fourth-order valence-electron chi connectivity index (χ4n) is 2.32. The number of amides is 1. The first-order chi connectivity index (χ1) is 12.5. The van der Waals surface area contributed by atoms with E-state index in [4.69, 9.17) is 4.74 Å². The summed E-state index contributed by atoms with van der Waals surface area (Å²) in [5.74, 6) is -1.24. The van der Waals surface area contributed by atoms with E-state index in [1.54, 1.807) is 18.2 Å². The van der Waals surface area contributed by atoms with Gasteiger partial charge in [0.1, 0.15) is 5.82 Å². The zero-order valence-corrected chi connectivity index (χ0v) is 14.9. The van der Waals surface area contributed by atoms with Gasteiger partial charge >= 0.3 is 5.97 Å². The molecule has 0 aliphatic rings. The third-order valence-corrected chi connectivity index (χ3v) is 3.88. The highest BCUT2D eigenvalue weighted by Gasteiger charge is 2.15. The van der Waals surface area contributed by atoms with Crippen LogP contribution >= 0.6 is 0 Å². The van der Waals surface area contributed by atoms with Crippen LogP contribution in [-0.4, -0.2) is 24.5 Å². The Kier molecular flexibility index (Phi) is 7.09. The van der Waals surface area contributed by atoms with Crippen molar-refractivity contribution < 1.29 is 18.7 Å². The number of carbonyl (C=O) groups excluding carboxylic acids is 2. The van der Waals surface area contributed by atoms with Crippen molar-refractivity contribution in [2.24, 2.45) is 0 Å². The zero-order chi connectivity index (χ0) is 18.9. The minimum atomic E-state index is -0.891. The molecule has 4 nitrogen and oxygen atoms in total. The van der Waals surface area contributed by atoms with Crippen molar-refractivity contribution in [2.75, 3.05) is 6.54 Å². The molecule has 0 aliphatic heterocycles. The van der Waals surface area contributed by atoms with Crippen LogP contribution in [0.2, 0.25) is 0 Å². The summed E-state index contributed by atoms with van der Waals surface area (Å²) in [7, 11) is 0. The molecule has 0 heterocycles. The molecule has 2 aromatic carbocycles. The summed E-state index contributed by atoms with van der Waals surface area (Å²) in [4.78, 5) is 23.8. The second-order valence-corrected chi connectivity index (χ2v) is 5.94. The number of esters is 1. The molecule has 0 aliphatic carbocycles. The zero-order valence-electron chi connectivity index (χ0n) is 14.9. The van der Waals surface area contributed by atoms with Gasteiger partial charge in [0, 0.05) is 12.6 Å². The number of carbonyl (C=O) groups is 2. The number of benzene rings is 2. The standard InChI is InChI=1S/C21H22FNO3/c1-15-5-3-4-6-18(15)9-12-20(24)26-16(2)21(25)23-14-13-17-7-10-19(22)11-8-17/h3-12,16H,13-14H2,1-2H3,(H,23,25)/b12-9+/t16-/m0/s1. The molecule has 26 heavy (non-hydrogen) atoms. The van der Waals surface area contributed by atoms with E-state index >= 15 is 0 Å². The van der Waals surface area contributed by atoms with E-state index in [9.17, 15) is 14.0 Å². The smallest absolute Gasteiger partial charge is 0.331 e. The van der Waals surface area contributed by atoms with E-state index in [1.165, 1.54) is 25.1 Å². The van der Waals surface area contributed by atoms with Crippen LogP contribution in [0.25, 0.3) is 6.08 Å². The van der Waals surface area contributed by atoms with Crippen molar-refractivity contribution in [1.82, 2.24) is 5.32 Å². The summed E-state index contributed by atoms with van der Waals surface area (Å²) in [6.45, 7) is 3.85. The Labute approximate surface area is 152 Å². The Bertz CT molecular complexity index is 784. The predicted molar refractivity (Wildman–Crippen MR) is 98.9 cm³/mol. The Morgan fingerprint density at radius 1 is 1.15 bits per heavy atom. The third-order valence-electron chi connectivity index (χ3n) is 3.88. The first-order valence-electron chi connectivity index (χ1n) is 8.42. The topological polar surface area (TPSA) is 55.4 Å². The molecule has 2 aromatic rings. The van der Waals surface area contributed by atoms with E-state index in [2.05, 4.69) is 5.32 Å².